The summed E-state index contributed by atoms with van der Waals surface area (Å²) in [5.74, 6) is 0.692. The Balaban J connectivity index is 1.43. The molecule has 178 valence electrons. The van der Waals surface area contributed by atoms with Crippen LogP contribution >= 0.6 is 11.8 Å². The maximum absolute atomic E-state index is 13.0. The molecular formula is C27H36N2O3S. The number of hydrogen-bond acceptors (Lipinski definition) is 5. The summed E-state index contributed by atoms with van der Waals surface area (Å²) in [4.78, 5) is 31.2. The number of imide groups is 1. The number of amides is 2. The predicted octanol–water partition coefficient (Wildman–Crippen LogP) is 6.72. The van der Waals surface area contributed by atoms with Crippen LogP contribution in [0.4, 0.5) is 4.79 Å². The summed E-state index contributed by atoms with van der Waals surface area (Å²) in [7, 11) is 0. The molecule has 0 N–H and O–H groups in total. The number of carbonyl (C=O) groups excluding carboxylic acids is 2. The van der Waals surface area contributed by atoms with Crippen molar-refractivity contribution in [3.63, 3.8) is 0 Å². The van der Waals surface area contributed by atoms with Crippen LogP contribution in [0.3, 0.4) is 0 Å². The van der Waals surface area contributed by atoms with Gasteiger partial charge in [-0.3, -0.25) is 9.79 Å². The highest BCUT2D eigenvalue weighted by molar-refractivity contribution is 8.00. The Bertz CT molecular complexity index is 923. The lowest BCUT2D eigenvalue weighted by Gasteiger charge is -2.23. The van der Waals surface area contributed by atoms with Crippen molar-refractivity contribution in [2.24, 2.45) is 10.9 Å². The summed E-state index contributed by atoms with van der Waals surface area (Å²) in [6, 6.07) is 9.29. The third kappa shape index (κ3) is 7.32. The largest absolute Gasteiger partial charge is 0.446 e. The van der Waals surface area contributed by atoms with Gasteiger partial charge in [-0.1, -0.05) is 60.6 Å². The van der Waals surface area contributed by atoms with Crippen molar-refractivity contribution in [1.29, 1.82) is 0 Å². The van der Waals surface area contributed by atoms with Gasteiger partial charge in [0.2, 0.25) is 5.91 Å². The lowest BCUT2D eigenvalue weighted by molar-refractivity contribution is -0.133. The molecule has 5 nitrogen and oxygen atoms in total. The number of carbonyl (C=O) groups is 2. The van der Waals surface area contributed by atoms with E-state index in [1.807, 2.05) is 49.0 Å². The van der Waals surface area contributed by atoms with Gasteiger partial charge in [0.05, 0.1) is 5.37 Å². The minimum absolute atomic E-state index is 0.145. The molecule has 2 amide bonds. The first-order chi connectivity index (χ1) is 15.8. The number of hydrogen-bond donors (Lipinski definition) is 0. The van der Waals surface area contributed by atoms with Gasteiger partial charge in [-0.25, -0.2) is 9.69 Å². The molecular weight excluding hydrogens is 432 g/mol. The topological polar surface area (TPSA) is 59.0 Å². The Kier molecular flexibility index (Phi) is 9.36. The minimum atomic E-state index is -0.532. The fourth-order valence-electron chi connectivity index (χ4n) is 4.24. The van der Waals surface area contributed by atoms with E-state index in [9.17, 15) is 9.59 Å². The summed E-state index contributed by atoms with van der Waals surface area (Å²) >= 11 is 1.90. The summed E-state index contributed by atoms with van der Waals surface area (Å²) < 4.78 is 5.20. The van der Waals surface area contributed by atoms with Gasteiger partial charge in [0.25, 0.3) is 0 Å². The van der Waals surface area contributed by atoms with E-state index in [-0.39, 0.29) is 24.5 Å². The number of aliphatic imine (C=N–C) groups is 1. The normalized spacial score (nSPS) is 22.4. The lowest BCUT2D eigenvalue weighted by atomic mass is 9.98. The molecule has 1 fully saturated rings. The Morgan fingerprint density at radius 3 is 2.67 bits per heavy atom. The molecule has 1 saturated heterocycles. The fourth-order valence-corrected chi connectivity index (χ4v) is 5.07. The zero-order valence-electron chi connectivity index (χ0n) is 20.3. The van der Waals surface area contributed by atoms with Crippen molar-refractivity contribution >= 4 is 29.5 Å². The van der Waals surface area contributed by atoms with Crippen LogP contribution in [0.1, 0.15) is 71.4 Å². The molecule has 2 heterocycles. The van der Waals surface area contributed by atoms with E-state index in [1.165, 1.54) is 21.8 Å². The second-order valence-electron chi connectivity index (χ2n) is 9.12. The zero-order chi connectivity index (χ0) is 23.8. The Hall–Kier alpha value is -2.34. The molecule has 0 bridgehead atoms. The van der Waals surface area contributed by atoms with E-state index in [0.717, 1.165) is 43.4 Å². The second kappa shape index (κ2) is 12.2. The van der Waals surface area contributed by atoms with Crippen LogP contribution in [-0.4, -0.2) is 40.3 Å². The summed E-state index contributed by atoms with van der Waals surface area (Å²) in [6.07, 6.45) is 8.56. The summed E-state index contributed by atoms with van der Waals surface area (Å²) in [6.45, 7) is 8.61. The fraction of sp³-hybridized carbons (Fsp3) is 0.519. The molecule has 0 spiro atoms. The van der Waals surface area contributed by atoms with Crippen LogP contribution in [0, 0.1) is 5.92 Å². The highest BCUT2D eigenvalue weighted by Gasteiger charge is 2.40. The standard InChI is InChI=1S/C27H36N2O3S/c1-19(10-8-12-20(2)16-24-18-33-22(4)28-24)11-9-13-21(3)26(30)29-25(17-32-27(29)31)23-14-6-5-7-15-23/h5-7,10,12,14-15,21-22,25H,8-9,11,13,16-18H2,1-4H3/b19-10?,20-12+. The van der Waals surface area contributed by atoms with E-state index >= 15 is 0 Å². The smallest absolute Gasteiger partial charge is 0.417 e. The zero-order valence-corrected chi connectivity index (χ0v) is 21.1. The first-order valence-electron chi connectivity index (χ1n) is 11.9. The second-order valence-corrected chi connectivity index (χ2v) is 10.4. The van der Waals surface area contributed by atoms with E-state index in [1.54, 1.807) is 0 Å². The molecule has 3 unspecified atom stereocenters. The van der Waals surface area contributed by atoms with Crippen molar-refractivity contribution in [2.45, 2.75) is 71.2 Å². The highest BCUT2D eigenvalue weighted by Crippen LogP contribution is 2.30. The summed E-state index contributed by atoms with van der Waals surface area (Å²) in [5.41, 5.74) is 4.94. The molecule has 2 aliphatic rings. The predicted molar refractivity (Wildman–Crippen MR) is 136 cm³/mol. The number of ether oxygens (including phenoxy) is 1. The number of allylic oxidation sites excluding steroid dienone is 4. The molecule has 1 aromatic rings. The van der Waals surface area contributed by atoms with Crippen molar-refractivity contribution in [2.75, 3.05) is 12.4 Å². The maximum Gasteiger partial charge on any atom is 0.417 e. The molecule has 1 aromatic carbocycles. The number of cyclic esters (lactones) is 1. The van der Waals surface area contributed by atoms with Crippen molar-refractivity contribution in [3.8, 4) is 0 Å². The average molecular weight is 469 g/mol. The van der Waals surface area contributed by atoms with Gasteiger partial charge in [0, 0.05) is 23.8 Å². The van der Waals surface area contributed by atoms with Crippen LogP contribution in [0.5, 0.6) is 0 Å². The Labute approximate surface area is 202 Å². The quantitative estimate of drug-likeness (QED) is 0.358. The van der Waals surface area contributed by atoms with Crippen molar-refractivity contribution < 1.29 is 14.3 Å². The maximum atomic E-state index is 13.0. The van der Waals surface area contributed by atoms with Gasteiger partial charge in [-0.15, -0.1) is 11.8 Å². The van der Waals surface area contributed by atoms with Gasteiger partial charge >= 0.3 is 6.09 Å². The van der Waals surface area contributed by atoms with Gasteiger partial charge in [-0.05, 0) is 52.0 Å². The molecule has 3 rings (SSSR count). The molecule has 33 heavy (non-hydrogen) atoms. The van der Waals surface area contributed by atoms with Crippen LogP contribution < -0.4 is 0 Å². The third-order valence-electron chi connectivity index (χ3n) is 6.20. The van der Waals surface area contributed by atoms with E-state index in [4.69, 9.17) is 4.74 Å². The molecule has 3 atom stereocenters. The first kappa shape index (κ1) is 25.3. The molecule has 0 aliphatic carbocycles. The van der Waals surface area contributed by atoms with Gasteiger partial charge in [0.15, 0.2) is 0 Å². The van der Waals surface area contributed by atoms with Crippen molar-refractivity contribution in [1.82, 2.24) is 4.90 Å². The summed E-state index contributed by atoms with van der Waals surface area (Å²) in [5, 5.41) is 0.407. The van der Waals surface area contributed by atoms with Crippen LogP contribution in [0.15, 0.2) is 58.6 Å². The first-order valence-corrected chi connectivity index (χ1v) is 12.9. The average Bonchev–Trinajstić information content (AvgIpc) is 3.38. The van der Waals surface area contributed by atoms with Gasteiger partial charge in [0.1, 0.15) is 12.6 Å². The van der Waals surface area contributed by atoms with E-state index in [0.29, 0.717) is 5.37 Å². The van der Waals surface area contributed by atoms with Crippen LogP contribution in [-0.2, 0) is 9.53 Å². The van der Waals surface area contributed by atoms with Crippen LogP contribution in [0.2, 0.25) is 0 Å². The Morgan fingerprint density at radius 1 is 1.24 bits per heavy atom. The highest BCUT2D eigenvalue weighted by atomic mass is 32.2. The van der Waals surface area contributed by atoms with Gasteiger partial charge < -0.3 is 4.74 Å². The Morgan fingerprint density at radius 2 is 1.97 bits per heavy atom. The molecule has 6 heteroatoms. The number of benzene rings is 1. The SMILES string of the molecule is CC(=CC/C=C(\C)CC1=NC(C)SC1)CCCC(C)C(=O)N1C(=O)OCC1c1ccccc1. The number of thioether (sulfide) groups is 1. The lowest BCUT2D eigenvalue weighted by Crippen LogP contribution is -2.37. The van der Waals surface area contributed by atoms with Gasteiger partial charge in [-0.2, -0.15) is 0 Å². The van der Waals surface area contributed by atoms with E-state index in [2.05, 4.69) is 37.9 Å². The molecule has 0 saturated carbocycles. The molecule has 0 radical (unpaired) electrons. The molecule has 2 aliphatic heterocycles. The monoisotopic (exact) mass is 468 g/mol. The third-order valence-corrected chi connectivity index (χ3v) is 7.28. The number of nitrogens with zero attached hydrogens (tertiary/aromatic N) is 2. The van der Waals surface area contributed by atoms with Crippen LogP contribution in [0.25, 0.3) is 0 Å². The molecule has 0 aromatic heterocycles. The number of rotatable bonds is 10. The minimum Gasteiger partial charge on any atom is -0.446 e. The van der Waals surface area contributed by atoms with Crippen molar-refractivity contribution in [3.05, 3.63) is 59.2 Å². The van der Waals surface area contributed by atoms with E-state index < -0.39 is 6.09 Å².